The summed E-state index contributed by atoms with van der Waals surface area (Å²) in [6.07, 6.45) is 7.44. The van der Waals surface area contributed by atoms with Crippen molar-refractivity contribution in [1.29, 1.82) is 0 Å². The number of hydrogen-bond acceptors (Lipinski definition) is 0. The maximum atomic E-state index is 13.6. The normalized spacial score (nSPS) is 14.9. The zero-order chi connectivity index (χ0) is 17.7. The molecule has 1 fully saturated rings. The van der Waals surface area contributed by atoms with Crippen molar-refractivity contribution < 1.29 is 17.6 Å². The fourth-order valence-corrected chi connectivity index (χ4v) is 2.87. The standard InChI is InChI=1S/C13H8F4.C7H14/c1-7-5-6-9(13(17)11(7)15)8-3-2-4-10(14)12(8)16;1-7-5-3-2-4-6-7/h2-6H,1H3;7H,2-6H2,1H3. The minimum absolute atomic E-state index is 0.114. The second-order valence-corrected chi connectivity index (χ2v) is 6.40. The molecule has 0 aromatic heterocycles. The van der Waals surface area contributed by atoms with Crippen LogP contribution in [0.2, 0.25) is 0 Å². The zero-order valence-electron chi connectivity index (χ0n) is 14.0. The molecule has 0 bridgehead atoms. The average molecular weight is 338 g/mol. The first kappa shape index (κ1) is 18.5. The summed E-state index contributed by atoms with van der Waals surface area (Å²) in [4.78, 5) is 0. The minimum atomic E-state index is -1.19. The molecule has 2 aromatic carbocycles. The lowest BCUT2D eigenvalue weighted by Gasteiger charge is -2.15. The fourth-order valence-electron chi connectivity index (χ4n) is 2.87. The van der Waals surface area contributed by atoms with Gasteiger partial charge in [-0.2, -0.15) is 0 Å². The van der Waals surface area contributed by atoms with Crippen LogP contribution in [0.25, 0.3) is 11.1 Å². The topological polar surface area (TPSA) is 0 Å². The van der Waals surface area contributed by atoms with Crippen LogP contribution in [0.15, 0.2) is 30.3 Å². The van der Waals surface area contributed by atoms with Gasteiger partial charge in [0.05, 0.1) is 0 Å². The van der Waals surface area contributed by atoms with Gasteiger partial charge in [0, 0.05) is 11.1 Å². The van der Waals surface area contributed by atoms with Crippen LogP contribution in [0, 0.1) is 36.1 Å². The Hall–Kier alpha value is -1.84. The molecule has 0 heterocycles. The van der Waals surface area contributed by atoms with Crippen molar-refractivity contribution in [1.82, 2.24) is 0 Å². The molecular weight excluding hydrogens is 316 g/mol. The molecule has 130 valence electrons. The predicted molar refractivity (Wildman–Crippen MR) is 88.7 cm³/mol. The van der Waals surface area contributed by atoms with Crippen molar-refractivity contribution in [2.75, 3.05) is 0 Å². The van der Waals surface area contributed by atoms with Gasteiger partial charge >= 0.3 is 0 Å². The second-order valence-electron chi connectivity index (χ2n) is 6.40. The highest BCUT2D eigenvalue weighted by Gasteiger charge is 2.17. The number of halogens is 4. The van der Waals surface area contributed by atoms with Crippen LogP contribution in [-0.2, 0) is 0 Å². The van der Waals surface area contributed by atoms with Gasteiger partial charge < -0.3 is 0 Å². The molecule has 0 aliphatic heterocycles. The summed E-state index contributed by atoms with van der Waals surface area (Å²) in [5.74, 6) is -3.47. The molecule has 0 N–H and O–H groups in total. The molecule has 0 spiro atoms. The smallest absolute Gasteiger partial charge is 0.167 e. The van der Waals surface area contributed by atoms with E-state index in [-0.39, 0.29) is 16.7 Å². The molecule has 0 radical (unpaired) electrons. The van der Waals surface area contributed by atoms with E-state index in [9.17, 15) is 17.6 Å². The van der Waals surface area contributed by atoms with Crippen LogP contribution in [0.1, 0.15) is 44.6 Å². The summed E-state index contributed by atoms with van der Waals surface area (Å²) in [7, 11) is 0. The molecule has 0 unspecified atom stereocenters. The maximum Gasteiger partial charge on any atom is 0.167 e. The highest BCUT2D eigenvalue weighted by atomic mass is 19.2. The van der Waals surface area contributed by atoms with Crippen LogP contribution in [0.4, 0.5) is 17.6 Å². The number of hydrogen-bond donors (Lipinski definition) is 0. The lowest BCUT2D eigenvalue weighted by Crippen LogP contribution is -1.99. The predicted octanol–water partition coefficient (Wildman–Crippen LogP) is 6.81. The maximum absolute atomic E-state index is 13.6. The van der Waals surface area contributed by atoms with E-state index < -0.39 is 23.3 Å². The lowest BCUT2D eigenvalue weighted by atomic mass is 9.91. The number of rotatable bonds is 1. The minimum Gasteiger partial charge on any atom is -0.204 e. The zero-order valence-corrected chi connectivity index (χ0v) is 14.0. The molecule has 0 nitrogen and oxygen atoms in total. The molecule has 0 atom stereocenters. The second kappa shape index (κ2) is 8.32. The molecule has 0 amide bonds. The SMILES string of the molecule is CC1CCCCC1.Cc1ccc(-c2cccc(F)c2F)c(F)c1F. The van der Waals surface area contributed by atoms with Gasteiger partial charge in [-0.15, -0.1) is 0 Å². The number of aryl methyl sites for hydroxylation is 1. The summed E-state index contributed by atoms with van der Waals surface area (Å²) >= 11 is 0. The third-order valence-electron chi connectivity index (χ3n) is 4.41. The Kier molecular flexibility index (Phi) is 6.41. The van der Waals surface area contributed by atoms with Crippen LogP contribution in [0.5, 0.6) is 0 Å². The molecule has 1 saturated carbocycles. The van der Waals surface area contributed by atoms with Gasteiger partial charge in [-0.3, -0.25) is 0 Å². The van der Waals surface area contributed by atoms with Gasteiger partial charge in [0.1, 0.15) is 0 Å². The first-order valence-corrected chi connectivity index (χ1v) is 8.30. The van der Waals surface area contributed by atoms with E-state index in [1.807, 2.05) is 0 Å². The molecule has 0 saturated heterocycles. The monoisotopic (exact) mass is 338 g/mol. The van der Waals surface area contributed by atoms with E-state index >= 15 is 0 Å². The molecular formula is C20H22F4. The van der Waals surface area contributed by atoms with Crippen molar-refractivity contribution in [2.24, 2.45) is 5.92 Å². The molecule has 1 aliphatic carbocycles. The Bertz CT molecular complexity index is 688. The first-order chi connectivity index (χ1) is 11.4. The highest BCUT2D eigenvalue weighted by molar-refractivity contribution is 5.65. The third-order valence-corrected chi connectivity index (χ3v) is 4.41. The van der Waals surface area contributed by atoms with Gasteiger partial charge in [0.25, 0.3) is 0 Å². The summed E-state index contributed by atoms with van der Waals surface area (Å²) in [6.45, 7) is 3.75. The summed E-state index contributed by atoms with van der Waals surface area (Å²) in [5, 5.41) is 0. The van der Waals surface area contributed by atoms with Crippen molar-refractivity contribution in [3.05, 3.63) is 59.2 Å². The highest BCUT2D eigenvalue weighted by Crippen LogP contribution is 2.29. The van der Waals surface area contributed by atoms with Gasteiger partial charge in [-0.1, -0.05) is 63.3 Å². The van der Waals surface area contributed by atoms with E-state index in [4.69, 9.17) is 0 Å². The van der Waals surface area contributed by atoms with Crippen molar-refractivity contribution >= 4 is 0 Å². The Morgan fingerprint density at radius 3 is 1.96 bits per heavy atom. The van der Waals surface area contributed by atoms with Gasteiger partial charge in [-0.25, -0.2) is 17.6 Å². The Morgan fingerprint density at radius 2 is 1.38 bits per heavy atom. The quantitative estimate of drug-likeness (QED) is 0.501. The van der Waals surface area contributed by atoms with Crippen molar-refractivity contribution in [3.8, 4) is 11.1 Å². The molecule has 2 aromatic rings. The van der Waals surface area contributed by atoms with Gasteiger partial charge in [0.15, 0.2) is 23.3 Å². The summed E-state index contributed by atoms with van der Waals surface area (Å²) in [5.41, 5.74) is -0.463. The largest absolute Gasteiger partial charge is 0.204 e. The van der Waals surface area contributed by atoms with E-state index in [0.717, 1.165) is 12.0 Å². The van der Waals surface area contributed by atoms with E-state index in [1.54, 1.807) is 0 Å². The van der Waals surface area contributed by atoms with Crippen LogP contribution in [0.3, 0.4) is 0 Å². The van der Waals surface area contributed by atoms with E-state index in [1.165, 1.54) is 63.3 Å². The molecule has 3 rings (SSSR count). The lowest BCUT2D eigenvalue weighted by molar-refractivity contribution is 0.385. The van der Waals surface area contributed by atoms with Crippen LogP contribution in [-0.4, -0.2) is 0 Å². The van der Waals surface area contributed by atoms with E-state index in [2.05, 4.69) is 6.92 Å². The van der Waals surface area contributed by atoms with Gasteiger partial charge in [-0.05, 0) is 24.5 Å². The van der Waals surface area contributed by atoms with Crippen molar-refractivity contribution in [3.63, 3.8) is 0 Å². The Morgan fingerprint density at radius 1 is 0.750 bits per heavy atom. The van der Waals surface area contributed by atoms with Crippen LogP contribution < -0.4 is 0 Å². The number of benzene rings is 2. The fraction of sp³-hybridized carbons (Fsp3) is 0.400. The van der Waals surface area contributed by atoms with Crippen molar-refractivity contribution in [2.45, 2.75) is 46.0 Å². The van der Waals surface area contributed by atoms with E-state index in [0.29, 0.717) is 0 Å². The molecule has 4 heteroatoms. The average Bonchev–Trinajstić information content (AvgIpc) is 2.57. The Labute approximate surface area is 140 Å². The summed E-state index contributed by atoms with van der Waals surface area (Å²) in [6, 6.07) is 5.90. The van der Waals surface area contributed by atoms with Gasteiger partial charge in [0.2, 0.25) is 0 Å². The third kappa shape index (κ3) is 4.37. The Balaban J connectivity index is 0.000000249. The van der Waals surface area contributed by atoms with Crippen LogP contribution >= 0.6 is 0 Å². The first-order valence-electron chi connectivity index (χ1n) is 8.30. The molecule has 1 aliphatic rings. The summed E-state index contributed by atoms with van der Waals surface area (Å²) < 4.78 is 53.3. The molecule has 24 heavy (non-hydrogen) atoms.